The summed E-state index contributed by atoms with van der Waals surface area (Å²) in [6, 6.07) is 15.7. The number of amides is 1. The zero-order valence-electron chi connectivity index (χ0n) is 22.5. The van der Waals surface area contributed by atoms with E-state index in [1.54, 1.807) is 0 Å². The minimum atomic E-state index is -0.641. The molecule has 2 unspecified atom stereocenters. The molecule has 39 heavy (non-hydrogen) atoms. The van der Waals surface area contributed by atoms with Crippen molar-refractivity contribution in [1.29, 1.82) is 0 Å². The third-order valence-electron chi connectivity index (χ3n) is 7.66. The molecule has 0 spiro atoms. The number of fused-ring (bicyclic) bond motifs is 4. The predicted molar refractivity (Wildman–Crippen MR) is 148 cm³/mol. The van der Waals surface area contributed by atoms with Crippen molar-refractivity contribution in [3.63, 3.8) is 0 Å². The van der Waals surface area contributed by atoms with E-state index in [4.69, 9.17) is 9.47 Å². The molecular formula is C31H31N3O5. The molecule has 0 radical (unpaired) electrons. The Morgan fingerprint density at radius 2 is 1.67 bits per heavy atom. The van der Waals surface area contributed by atoms with Gasteiger partial charge in [-0.2, -0.15) is 0 Å². The van der Waals surface area contributed by atoms with Gasteiger partial charge in [-0.25, -0.2) is 9.59 Å². The number of esters is 2. The van der Waals surface area contributed by atoms with Crippen LogP contribution in [0.15, 0.2) is 54.7 Å². The first kappa shape index (κ1) is 25.1. The molecule has 1 amide bonds. The highest BCUT2D eigenvalue weighted by Gasteiger charge is 2.41. The van der Waals surface area contributed by atoms with E-state index >= 15 is 0 Å². The second-order valence-electron chi connectivity index (χ2n) is 11.3. The summed E-state index contributed by atoms with van der Waals surface area (Å²) < 4.78 is 15.7. The molecule has 0 aliphatic carbocycles. The summed E-state index contributed by atoms with van der Waals surface area (Å²) >= 11 is 0. The number of carbonyl (C=O) groups is 3. The van der Waals surface area contributed by atoms with Crippen LogP contribution in [0, 0.1) is 5.92 Å². The Hall–Kier alpha value is -4.17. The molecule has 4 aromatic rings. The fourth-order valence-electron chi connectivity index (χ4n) is 6.12. The standard InChI is InChI=1S/C31H31N3O5/c1-31(2,3)39-28(32-17-35)18-13-14-34-23-12-8-6-10-20(23)25(24(34)15-18)27-26(29(36)38-30(27)37)21-16-33(4)22-11-7-5-9-19(21)22/h5-12,16-18,28H,13-15H2,1-4H3,(H,32,35). The van der Waals surface area contributed by atoms with Crippen molar-refractivity contribution in [3.8, 4) is 0 Å². The Balaban J connectivity index is 1.58. The quantitative estimate of drug-likeness (QED) is 0.172. The third-order valence-corrected chi connectivity index (χ3v) is 7.66. The first-order valence-corrected chi connectivity index (χ1v) is 13.2. The van der Waals surface area contributed by atoms with Gasteiger partial charge in [0.15, 0.2) is 0 Å². The maximum absolute atomic E-state index is 13.4. The molecule has 1 N–H and O–H groups in total. The van der Waals surface area contributed by atoms with Gasteiger partial charge in [0.2, 0.25) is 6.41 Å². The summed E-state index contributed by atoms with van der Waals surface area (Å²) in [6.45, 7) is 6.56. The smallest absolute Gasteiger partial charge is 0.347 e. The Labute approximate surface area is 226 Å². The zero-order chi connectivity index (χ0) is 27.5. The number of para-hydroxylation sites is 2. The lowest BCUT2D eigenvalue weighted by atomic mass is 9.88. The summed E-state index contributed by atoms with van der Waals surface area (Å²) in [7, 11) is 1.92. The summed E-state index contributed by atoms with van der Waals surface area (Å²) in [6.07, 6.45) is 3.40. The van der Waals surface area contributed by atoms with E-state index in [9.17, 15) is 14.4 Å². The lowest BCUT2D eigenvalue weighted by Gasteiger charge is -2.35. The number of nitrogens with one attached hydrogen (secondary N) is 1. The molecule has 2 aliphatic rings. The SMILES string of the molecule is Cn1cc(C2=C(c3c4n(c5ccccc35)CCC(C(NC=O)OC(C)(C)C)C4)C(=O)OC2=O)c2ccccc21. The molecule has 2 atom stereocenters. The van der Waals surface area contributed by atoms with Crippen LogP contribution in [-0.2, 0) is 43.9 Å². The van der Waals surface area contributed by atoms with Crippen molar-refractivity contribution in [2.45, 2.75) is 52.0 Å². The average Bonchev–Trinajstić information content (AvgIpc) is 3.50. The fourth-order valence-corrected chi connectivity index (χ4v) is 6.12. The summed E-state index contributed by atoms with van der Waals surface area (Å²) in [5.74, 6) is -1.31. The van der Waals surface area contributed by atoms with Crippen molar-refractivity contribution < 1.29 is 23.9 Å². The van der Waals surface area contributed by atoms with Gasteiger partial charge in [0.1, 0.15) is 6.23 Å². The Bertz CT molecular complexity index is 1680. The molecule has 0 saturated carbocycles. The monoisotopic (exact) mass is 525 g/mol. The van der Waals surface area contributed by atoms with Crippen LogP contribution in [0.25, 0.3) is 33.0 Å². The molecule has 0 fully saturated rings. The van der Waals surface area contributed by atoms with Gasteiger partial charge in [0.25, 0.3) is 0 Å². The van der Waals surface area contributed by atoms with Gasteiger partial charge in [-0.1, -0.05) is 36.4 Å². The fraction of sp³-hybridized carbons (Fsp3) is 0.323. The van der Waals surface area contributed by atoms with Crippen molar-refractivity contribution >= 4 is 51.3 Å². The Kier molecular flexibility index (Phi) is 5.95. The number of aryl methyl sites for hydroxylation is 2. The minimum absolute atomic E-state index is 0.0280. The topological polar surface area (TPSA) is 91.6 Å². The number of aromatic nitrogens is 2. The summed E-state index contributed by atoms with van der Waals surface area (Å²) in [4.78, 5) is 38.2. The molecule has 2 aliphatic heterocycles. The van der Waals surface area contributed by atoms with Crippen LogP contribution in [-0.4, -0.2) is 39.3 Å². The van der Waals surface area contributed by atoms with Gasteiger partial charge in [-0.05, 0) is 45.7 Å². The van der Waals surface area contributed by atoms with Gasteiger partial charge < -0.3 is 23.9 Å². The number of hydrogen-bond donors (Lipinski definition) is 1. The molecule has 8 heteroatoms. The van der Waals surface area contributed by atoms with Crippen LogP contribution < -0.4 is 5.32 Å². The van der Waals surface area contributed by atoms with Gasteiger partial charge >= 0.3 is 11.9 Å². The zero-order valence-corrected chi connectivity index (χ0v) is 22.5. The molecule has 6 rings (SSSR count). The number of hydrogen-bond acceptors (Lipinski definition) is 5. The molecule has 8 nitrogen and oxygen atoms in total. The lowest BCUT2D eigenvalue weighted by molar-refractivity contribution is -0.149. The highest BCUT2D eigenvalue weighted by molar-refractivity contribution is 6.47. The van der Waals surface area contributed by atoms with E-state index in [1.807, 2.05) is 87.1 Å². The van der Waals surface area contributed by atoms with E-state index in [-0.39, 0.29) is 11.5 Å². The Morgan fingerprint density at radius 3 is 2.38 bits per heavy atom. The molecule has 0 bridgehead atoms. The third kappa shape index (κ3) is 4.15. The number of carbonyl (C=O) groups excluding carboxylic acids is 3. The van der Waals surface area contributed by atoms with Gasteiger partial charge in [0, 0.05) is 64.3 Å². The number of benzene rings is 2. The minimum Gasteiger partial charge on any atom is -0.386 e. The Morgan fingerprint density at radius 1 is 1.00 bits per heavy atom. The van der Waals surface area contributed by atoms with E-state index in [0.717, 1.165) is 39.5 Å². The van der Waals surface area contributed by atoms with Crippen LogP contribution in [0.2, 0.25) is 0 Å². The molecule has 2 aromatic carbocycles. The highest BCUT2D eigenvalue weighted by atomic mass is 16.6. The first-order chi connectivity index (χ1) is 18.7. The maximum atomic E-state index is 13.4. The van der Waals surface area contributed by atoms with Gasteiger partial charge in [-0.3, -0.25) is 4.79 Å². The van der Waals surface area contributed by atoms with Crippen molar-refractivity contribution in [1.82, 2.24) is 14.5 Å². The first-order valence-electron chi connectivity index (χ1n) is 13.2. The largest absolute Gasteiger partial charge is 0.386 e. The van der Waals surface area contributed by atoms with Crippen molar-refractivity contribution in [2.75, 3.05) is 0 Å². The van der Waals surface area contributed by atoms with E-state index < -0.39 is 23.8 Å². The van der Waals surface area contributed by atoms with Crippen LogP contribution in [0.4, 0.5) is 0 Å². The van der Waals surface area contributed by atoms with E-state index in [1.165, 1.54) is 0 Å². The van der Waals surface area contributed by atoms with Crippen LogP contribution >= 0.6 is 0 Å². The normalized spacial score (nSPS) is 18.5. The lowest BCUT2D eigenvalue weighted by Crippen LogP contribution is -2.45. The average molecular weight is 526 g/mol. The predicted octanol–water partition coefficient (Wildman–Crippen LogP) is 4.58. The van der Waals surface area contributed by atoms with Crippen LogP contribution in [0.1, 0.15) is 44.0 Å². The molecule has 0 saturated heterocycles. The van der Waals surface area contributed by atoms with Crippen molar-refractivity contribution in [3.05, 3.63) is 71.5 Å². The summed E-state index contributed by atoms with van der Waals surface area (Å²) in [5.41, 5.74) is 4.39. The van der Waals surface area contributed by atoms with Gasteiger partial charge in [0.05, 0.1) is 16.7 Å². The second kappa shape index (κ2) is 9.24. The van der Waals surface area contributed by atoms with E-state index in [0.29, 0.717) is 30.5 Å². The maximum Gasteiger partial charge on any atom is 0.347 e. The highest BCUT2D eigenvalue weighted by Crippen LogP contribution is 2.44. The molecule has 2 aromatic heterocycles. The summed E-state index contributed by atoms with van der Waals surface area (Å²) in [5, 5.41) is 4.63. The van der Waals surface area contributed by atoms with E-state index in [2.05, 4.69) is 9.88 Å². The second-order valence-corrected chi connectivity index (χ2v) is 11.3. The number of rotatable bonds is 6. The number of cyclic esters (lactones) is 2. The number of ether oxygens (including phenoxy) is 2. The number of nitrogens with zero attached hydrogens (tertiary/aromatic N) is 2. The van der Waals surface area contributed by atoms with Crippen LogP contribution in [0.3, 0.4) is 0 Å². The molecular weight excluding hydrogens is 494 g/mol. The van der Waals surface area contributed by atoms with Crippen LogP contribution in [0.5, 0.6) is 0 Å². The molecule has 4 heterocycles. The molecule has 200 valence electrons. The van der Waals surface area contributed by atoms with Crippen molar-refractivity contribution in [2.24, 2.45) is 13.0 Å². The van der Waals surface area contributed by atoms with Gasteiger partial charge in [-0.15, -0.1) is 0 Å².